The zero-order chi connectivity index (χ0) is 13.3. The highest BCUT2D eigenvalue weighted by Crippen LogP contribution is 2.36. The van der Waals surface area contributed by atoms with Crippen LogP contribution in [-0.4, -0.2) is 10.2 Å². The minimum absolute atomic E-state index is 0.293. The van der Waals surface area contributed by atoms with Gasteiger partial charge in [0.2, 0.25) is 5.89 Å². The van der Waals surface area contributed by atoms with Gasteiger partial charge in [-0.2, -0.15) is 0 Å². The molecule has 0 spiro atoms. The fourth-order valence-electron chi connectivity index (χ4n) is 1.21. The Bertz CT molecular complexity index is 550. The SMILES string of the molecule is CC(Cl)c1nnc(Nc2c(Br)cc(Br)cc2Br)o1. The predicted octanol–water partition coefficient (Wildman–Crippen LogP) is 5.40. The summed E-state index contributed by atoms with van der Waals surface area (Å²) in [4.78, 5) is 0. The largest absolute Gasteiger partial charge is 0.406 e. The van der Waals surface area contributed by atoms with Gasteiger partial charge in [-0.15, -0.1) is 16.7 Å². The van der Waals surface area contributed by atoms with Crippen molar-refractivity contribution < 1.29 is 4.42 Å². The molecule has 1 heterocycles. The fraction of sp³-hybridized carbons (Fsp3) is 0.200. The van der Waals surface area contributed by atoms with Crippen molar-refractivity contribution in [1.82, 2.24) is 10.2 Å². The first-order chi connectivity index (χ1) is 8.47. The standard InChI is InChI=1S/C10H7Br3ClN3O/c1-4(14)9-16-17-10(18-9)15-8-6(12)2-5(11)3-7(8)13/h2-4H,1H3,(H,15,17). The van der Waals surface area contributed by atoms with Gasteiger partial charge >= 0.3 is 6.01 Å². The van der Waals surface area contributed by atoms with Gasteiger partial charge in [0.1, 0.15) is 5.38 Å². The van der Waals surface area contributed by atoms with E-state index in [-0.39, 0.29) is 5.38 Å². The molecule has 18 heavy (non-hydrogen) atoms. The smallest absolute Gasteiger partial charge is 0.320 e. The van der Waals surface area contributed by atoms with E-state index in [2.05, 4.69) is 63.3 Å². The highest BCUT2D eigenvalue weighted by Gasteiger charge is 2.14. The number of anilines is 2. The summed E-state index contributed by atoms with van der Waals surface area (Å²) in [7, 11) is 0. The maximum absolute atomic E-state index is 5.85. The second kappa shape index (κ2) is 5.90. The van der Waals surface area contributed by atoms with Gasteiger partial charge in [0.15, 0.2) is 0 Å². The normalized spacial score (nSPS) is 12.5. The first-order valence-electron chi connectivity index (χ1n) is 4.86. The molecule has 0 saturated heterocycles. The molecule has 4 nitrogen and oxygen atoms in total. The number of nitrogens with one attached hydrogen (secondary N) is 1. The lowest BCUT2D eigenvalue weighted by molar-refractivity contribution is 0.510. The van der Waals surface area contributed by atoms with Crippen LogP contribution in [0.1, 0.15) is 18.2 Å². The summed E-state index contributed by atoms with van der Waals surface area (Å²) in [5, 5.41) is 10.4. The number of halogens is 4. The van der Waals surface area contributed by atoms with Crippen molar-refractivity contribution in [3.63, 3.8) is 0 Å². The number of hydrogen-bond acceptors (Lipinski definition) is 4. The van der Waals surface area contributed by atoms with Gasteiger partial charge in [0, 0.05) is 13.4 Å². The minimum atomic E-state index is -0.315. The highest BCUT2D eigenvalue weighted by molar-refractivity contribution is 9.11. The molecule has 1 aromatic heterocycles. The molecule has 2 rings (SSSR count). The van der Waals surface area contributed by atoms with Crippen LogP contribution in [-0.2, 0) is 0 Å². The van der Waals surface area contributed by atoms with Crippen LogP contribution in [0.4, 0.5) is 11.7 Å². The van der Waals surface area contributed by atoms with Crippen molar-refractivity contribution in [1.29, 1.82) is 0 Å². The molecule has 0 saturated carbocycles. The van der Waals surface area contributed by atoms with Crippen LogP contribution in [0, 0.1) is 0 Å². The molecule has 96 valence electrons. The number of alkyl halides is 1. The van der Waals surface area contributed by atoms with Crippen LogP contribution in [0.15, 0.2) is 30.0 Å². The van der Waals surface area contributed by atoms with Crippen molar-refractivity contribution in [3.8, 4) is 0 Å². The topological polar surface area (TPSA) is 51.0 Å². The Labute approximate surface area is 134 Å². The molecule has 0 amide bonds. The molecule has 1 atom stereocenters. The Balaban J connectivity index is 2.28. The summed E-state index contributed by atoms with van der Waals surface area (Å²) >= 11 is 16.2. The predicted molar refractivity (Wildman–Crippen MR) is 81.4 cm³/mol. The molecule has 1 N–H and O–H groups in total. The quantitative estimate of drug-likeness (QED) is 0.624. The summed E-state index contributed by atoms with van der Waals surface area (Å²) in [6.07, 6.45) is 0. The van der Waals surface area contributed by atoms with Crippen LogP contribution in [0.3, 0.4) is 0 Å². The third-order valence-electron chi connectivity index (χ3n) is 2.02. The maximum Gasteiger partial charge on any atom is 0.320 e. The molecule has 2 aromatic rings. The molecule has 0 bridgehead atoms. The maximum atomic E-state index is 5.85. The molecule has 1 unspecified atom stereocenters. The fourth-order valence-corrected chi connectivity index (χ4v) is 3.76. The van der Waals surface area contributed by atoms with Crippen LogP contribution in [0.5, 0.6) is 0 Å². The van der Waals surface area contributed by atoms with Crippen molar-refractivity contribution >= 4 is 71.1 Å². The van der Waals surface area contributed by atoms with Crippen molar-refractivity contribution in [2.45, 2.75) is 12.3 Å². The Hall–Kier alpha value is -0.110. The van der Waals surface area contributed by atoms with E-state index in [0.717, 1.165) is 19.1 Å². The van der Waals surface area contributed by atoms with E-state index in [9.17, 15) is 0 Å². The van der Waals surface area contributed by atoms with Crippen LogP contribution >= 0.6 is 59.4 Å². The molecule has 1 aromatic carbocycles. The Morgan fingerprint density at radius 3 is 2.33 bits per heavy atom. The third kappa shape index (κ3) is 3.26. The Morgan fingerprint density at radius 1 is 1.22 bits per heavy atom. The van der Waals surface area contributed by atoms with E-state index in [1.807, 2.05) is 12.1 Å². The van der Waals surface area contributed by atoms with Crippen molar-refractivity contribution in [2.75, 3.05) is 5.32 Å². The van der Waals surface area contributed by atoms with Gasteiger partial charge < -0.3 is 9.73 Å². The van der Waals surface area contributed by atoms with E-state index in [0.29, 0.717) is 11.9 Å². The number of nitrogens with zero attached hydrogens (tertiary/aromatic N) is 2. The van der Waals surface area contributed by atoms with Gasteiger partial charge in [-0.3, -0.25) is 0 Å². The molecule has 0 aliphatic heterocycles. The highest BCUT2D eigenvalue weighted by atomic mass is 79.9. The average molecular weight is 460 g/mol. The minimum Gasteiger partial charge on any atom is -0.406 e. The van der Waals surface area contributed by atoms with E-state index < -0.39 is 0 Å². The monoisotopic (exact) mass is 457 g/mol. The molecular formula is C10H7Br3ClN3O. The molecule has 0 aliphatic carbocycles. The van der Waals surface area contributed by atoms with Gasteiger partial charge in [-0.05, 0) is 50.9 Å². The number of benzene rings is 1. The zero-order valence-corrected chi connectivity index (χ0v) is 14.6. The first-order valence-corrected chi connectivity index (χ1v) is 7.68. The lowest BCUT2D eigenvalue weighted by Gasteiger charge is -2.07. The van der Waals surface area contributed by atoms with E-state index in [1.165, 1.54) is 0 Å². The average Bonchev–Trinajstić information content (AvgIpc) is 2.71. The van der Waals surface area contributed by atoms with E-state index in [4.69, 9.17) is 16.0 Å². The summed E-state index contributed by atoms with van der Waals surface area (Å²) < 4.78 is 8.05. The Morgan fingerprint density at radius 2 is 1.83 bits per heavy atom. The first kappa shape index (κ1) is 14.3. The van der Waals surface area contributed by atoms with Crippen LogP contribution < -0.4 is 5.32 Å². The van der Waals surface area contributed by atoms with Gasteiger partial charge in [-0.1, -0.05) is 21.0 Å². The number of aromatic nitrogens is 2. The summed E-state index contributed by atoms with van der Waals surface area (Å²) in [6, 6.07) is 4.12. The van der Waals surface area contributed by atoms with Crippen LogP contribution in [0.2, 0.25) is 0 Å². The van der Waals surface area contributed by atoms with E-state index in [1.54, 1.807) is 6.92 Å². The molecule has 8 heteroatoms. The van der Waals surface area contributed by atoms with Crippen molar-refractivity contribution in [3.05, 3.63) is 31.4 Å². The lowest BCUT2D eigenvalue weighted by Crippen LogP contribution is -1.93. The van der Waals surface area contributed by atoms with Gasteiger partial charge in [0.05, 0.1) is 5.69 Å². The second-order valence-electron chi connectivity index (χ2n) is 3.43. The Kier molecular flexibility index (Phi) is 4.69. The summed E-state index contributed by atoms with van der Waals surface area (Å²) in [5.74, 6) is 0.378. The molecule has 0 aliphatic rings. The molecule has 0 radical (unpaired) electrons. The molecule has 0 fully saturated rings. The number of rotatable bonds is 3. The summed E-state index contributed by atoms with van der Waals surface area (Å²) in [6.45, 7) is 1.77. The van der Waals surface area contributed by atoms with Crippen molar-refractivity contribution in [2.24, 2.45) is 0 Å². The van der Waals surface area contributed by atoms with Crippen LogP contribution in [0.25, 0.3) is 0 Å². The van der Waals surface area contributed by atoms with Gasteiger partial charge in [0.25, 0.3) is 0 Å². The number of hydrogen-bond donors (Lipinski definition) is 1. The lowest BCUT2D eigenvalue weighted by atomic mass is 10.3. The zero-order valence-electron chi connectivity index (χ0n) is 9.05. The van der Waals surface area contributed by atoms with E-state index >= 15 is 0 Å². The van der Waals surface area contributed by atoms with Gasteiger partial charge in [-0.25, -0.2) is 0 Å². The second-order valence-corrected chi connectivity index (χ2v) is 6.71. The third-order valence-corrected chi connectivity index (χ3v) is 3.92. The molecular weight excluding hydrogens is 453 g/mol. The summed E-state index contributed by atoms with van der Waals surface area (Å²) in [5.41, 5.74) is 0.802.